The number of hydrogen-bond acceptors (Lipinski definition) is 3. The van der Waals surface area contributed by atoms with Crippen LogP contribution in [0.25, 0.3) is 0 Å². The molecule has 0 fully saturated rings. The summed E-state index contributed by atoms with van der Waals surface area (Å²) >= 11 is 0. The summed E-state index contributed by atoms with van der Waals surface area (Å²) in [5.41, 5.74) is 1.35. The van der Waals surface area contributed by atoms with E-state index >= 15 is 0 Å². The van der Waals surface area contributed by atoms with Crippen LogP contribution in [0.1, 0.15) is 5.56 Å². The van der Waals surface area contributed by atoms with Gasteiger partial charge in [0, 0.05) is 25.2 Å². The van der Waals surface area contributed by atoms with Gasteiger partial charge in [0.15, 0.2) is 5.16 Å². The van der Waals surface area contributed by atoms with Crippen LogP contribution < -0.4 is 0 Å². The highest BCUT2D eigenvalue weighted by Gasteiger charge is 2.00. The third-order valence-electron chi connectivity index (χ3n) is 1.98. The SMILES string of the molecule is Cn1ccnc1SSCc1ccccc1. The van der Waals surface area contributed by atoms with Crippen molar-refractivity contribution < 1.29 is 0 Å². The Morgan fingerprint density at radius 2 is 2.07 bits per heavy atom. The minimum atomic E-state index is 1.01. The standard InChI is InChI=1S/C11H12N2S2/c1-13-8-7-12-11(13)15-14-9-10-5-3-2-4-6-10/h2-8H,9H2,1H3. The molecule has 0 bridgehead atoms. The Balaban J connectivity index is 1.83. The van der Waals surface area contributed by atoms with Gasteiger partial charge in [0.05, 0.1) is 0 Å². The quantitative estimate of drug-likeness (QED) is 0.758. The number of nitrogens with zero attached hydrogens (tertiary/aromatic N) is 2. The van der Waals surface area contributed by atoms with Crippen molar-refractivity contribution in [3.63, 3.8) is 0 Å². The molecular formula is C11H12N2S2. The first-order valence-corrected chi connectivity index (χ1v) is 6.99. The van der Waals surface area contributed by atoms with Gasteiger partial charge in [-0.05, 0) is 16.4 Å². The van der Waals surface area contributed by atoms with Gasteiger partial charge in [-0.25, -0.2) is 4.98 Å². The van der Waals surface area contributed by atoms with Crippen molar-refractivity contribution in [2.75, 3.05) is 0 Å². The summed E-state index contributed by atoms with van der Waals surface area (Å²) in [6, 6.07) is 10.5. The lowest BCUT2D eigenvalue weighted by Crippen LogP contribution is -1.86. The molecule has 1 heterocycles. The van der Waals surface area contributed by atoms with Gasteiger partial charge in [-0.15, -0.1) is 0 Å². The number of aromatic nitrogens is 2. The third kappa shape index (κ3) is 3.04. The van der Waals surface area contributed by atoms with Crippen LogP contribution >= 0.6 is 21.6 Å². The van der Waals surface area contributed by atoms with Gasteiger partial charge in [0.25, 0.3) is 0 Å². The first kappa shape index (κ1) is 10.6. The van der Waals surface area contributed by atoms with E-state index in [0.717, 1.165) is 10.9 Å². The molecule has 0 radical (unpaired) electrons. The van der Waals surface area contributed by atoms with Gasteiger partial charge in [-0.1, -0.05) is 41.1 Å². The molecule has 0 saturated heterocycles. The molecule has 0 unspecified atom stereocenters. The lowest BCUT2D eigenvalue weighted by Gasteiger charge is -2.01. The normalized spacial score (nSPS) is 10.5. The maximum Gasteiger partial charge on any atom is 0.178 e. The van der Waals surface area contributed by atoms with Gasteiger partial charge in [0.1, 0.15) is 0 Å². The summed E-state index contributed by atoms with van der Waals surface area (Å²) in [4.78, 5) is 4.25. The minimum absolute atomic E-state index is 1.01. The van der Waals surface area contributed by atoms with Crippen LogP contribution in [0.2, 0.25) is 0 Å². The van der Waals surface area contributed by atoms with E-state index in [4.69, 9.17) is 0 Å². The second-order valence-electron chi connectivity index (χ2n) is 3.15. The Morgan fingerprint density at radius 1 is 1.27 bits per heavy atom. The van der Waals surface area contributed by atoms with E-state index < -0.39 is 0 Å². The summed E-state index contributed by atoms with van der Waals surface area (Å²) in [5, 5.41) is 1.05. The van der Waals surface area contributed by atoms with Crippen molar-refractivity contribution in [2.45, 2.75) is 10.9 Å². The predicted molar refractivity (Wildman–Crippen MR) is 66.8 cm³/mol. The Morgan fingerprint density at radius 3 is 2.73 bits per heavy atom. The van der Waals surface area contributed by atoms with Crippen LogP contribution in [-0.2, 0) is 12.8 Å². The Kier molecular flexibility index (Phi) is 3.75. The van der Waals surface area contributed by atoms with Crippen molar-refractivity contribution in [3.8, 4) is 0 Å². The highest BCUT2D eigenvalue weighted by molar-refractivity contribution is 8.76. The van der Waals surface area contributed by atoms with E-state index in [0.29, 0.717) is 0 Å². The van der Waals surface area contributed by atoms with Crippen LogP contribution in [0.4, 0.5) is 0 Å². The van der Waals surface area contributed by atoms with Crippen LogP contribution in [0.15, 0.2) is 47.9 Å². The minimum Gasteiger partial charge on any atom is -0.328 e. The van der Waals surface area contributed by atoms with Gasteiger partial charge in [-0.3, -0.25) is 0 Å². The average molecular weight is 236 g/mol. The van der Waals surface area contributed by atoms with Gasteiger partial charge < -0.3 is 4.57 Å². The molecule has 0 spiro atoms. The van der Waals surface area contributed by atoms with Crippen LogP contribution in [0.3, 0.4) is 0 Å². The molecular weight excluding hydrogens is 224 g/mol. The molecule has 2 aromatic rings. The van der Waals surface area contributed by atoms with Crippen LogP contribution in [0.5, 0.6) is 0 Å². The smallest absolute Gasteiger partial charge is 0.178 e. The zero-order chi connectivity index (χ0) is 10.5. The van der Waals surface area contributed by atoms with Crippen LogP contribution in [0, 0.1) is 0 Å². The molecule has 78 valence electrons. The first-order chi connectivity index (χ1) is 7.36. The molecule has 0 N–H and O–H groups in total. The number of benzene rings is 1. The molecule has 15 heavy (non-hydrogen) atoms. The summed E-state index contributed by atoms with van der Waals surface area (Å²) in [6.45, 7) is 0. The maximum atomic E-state index is 4.25. The van der Waals surface area contributed by atoms with E-state index in [1.54, 1.807) is 10.8 Å². The average Bonchev–Trinajstić information content (AvgIpc) is 2.66. The zero-order valence-corrected chi connectivity index (χ0v) is 10.1. The highest BCUT2D eigenvalue weighted by atomic mass is 33.1. The molecule has 1 aromatic heterocycles. The van der Waals surface area contributed by atoms with Gasteiger partial charge >= 0.3 is 0 Å². The Labute approximate surface area is 97.5 Å². The molecule has 0 saturated carbocycles. The molecule has 0 aliphatic carbocycles. The van der Waals surface area contributed by atoms with Crippen molar-refractivity contribution in [2.24, 2.45) is 7.05 Å². The van der Waals surface area contributed by atoms with E-state index in [2.05, 4.69) is 29.2 Å². The second kappa shape index (κ2) is 5.28. The van der Waals surface area contributed by atoms with Crippen molar-refractivity contribution in [3.05, 3.63) is 48.3 Å². The lowest BCUT2D eigenvalue weighted by atomic mass is 10.2. The largest absolute Gasteiger partial charge is 0.328 e. The monoisotopic (exact) mass is 236 g/mol. The number of aryl methyl sites for hydroxylation is 1. The van der Waals surface area contributed by atoms with E-state index in [-0.39, 0.29) is 0 Å². The zero-order valence-electron chi connectivity index (χ0n) is 8.46. The number of rotatable bonds is 4. The van der Waals surface area contributed by atoms with E-state index in [1.165, 1.54) is 5.56 Å². The highest BCUT2D eigenvalue weighted by Crippen LogP contribution is 2.31. The Hall–Kier alpha value is -0.870. The summed E-state index contributed by atoms with van der Waals surface area (Å²) in [6.07, 6.45) is 3.79. The van der Waals surface area contributed by atoms with Crippen molar-refractivity contribution in [1.29, 1.82) is 0 Å². The molecule has 2 rings (SSSR count). The topological polar surface area (TPSA) is 17.8 Å². The molecule has 0 aliphatic heterocycles. The molecule has 4 heteroatoms. The summed E-state index contributed by atoms with van der Waals surface area (Å²) in [5.74, 6) is 1.01. The first-order valence-electron chi connectivity index (χ1n) is 4.67. The van der Waals surface area contributed by atoms with Crippen LogP contribution in [-0.4, -0.2) is 9.55 Å². The lowest BCUT2D eigenvalue weighted by molar-refractivity contribution is 0.793. The molecule has 0 aliphatic rings. The van der Waals surface area contributed by atoms with Gasteiger partial charge in [-0.2, -0.15) is 0 Å². The fraction of sp³-hybridized carbons (Fsp3) is 0.182. The number of imidazole rings is 1. The maximum absolute atomic E-state index is 4.25. The molecule has 0 amide bonds. The fourth-order valence-electron chi connectivity index (χ4n) is 1.16. The van der Waals surface area contributed by atoms with E-state index in [1.807, 2.05) is 40.9 Å². The van der Waals surface area contributed by atoms with Gasteiger partial charge in [0.2, 0.25) is 0 Å². The van der Waals surface area contributed by atoms with Crippen molar-refractivity contribution >= 4 is 21.6 Å². The van der Waals surface area contributed by atoms with Crippen molar-refractivity contribution in [1.82, 2.24) is 9.55 Å². The summed E-state index contributed by atoms with van der Waals surface area (Å²) in [7, 11) is 5.54. The predicted octanol–water partition coefficient (Wildman–Crippen LogP) is 3.36. The molecule has 2 nitrogen and oxygen atoms in total. The third-order valence-corrected chi connectivity index (χ3v) is 4.24. The Bertz CT molecular complexity index is 412. The molecule has 1 aromatic carbocycles. The fourth-order valence-corrected chi connectivity index (χ4v) is 3.31. The summed E-state index contributed by atoms with van der Waals surface area (Å²) < 4.78 is 2.03. The number of hydrogen-bond donors (Lipinski definition) is 0. The molecule has 0 atom stereocenters. The van der Waals surface area contributed by atoms with E-state index in [9.17, 15) is 0 Å². The second-order valence-corrected chi connectivity index (χ2v) is 5.42.